The number of aromatic nitrogens is 1. The Kier molecular flexibility index (Phi) is 9.87. The number of hydrogen-bond acceptors (Lipinski definition) is 7. The summed E-state index contributed by atoms with van der Waals surface area (Å²) in [6.07, 6.45) is -2.55. The van der Waals surface area contributed by atoms with Crippen LogP contribution in [-0.2, 0) is 40.0 Å². The Labute approximate surface area is 215 Å². The number of amides is 1. The number of anilines is 1. The van der Waals surface area contributed by atoms with Gasteiger partial charge in [0.2, 0.25) is 5.91 Å². The Bertz CT molecular complexity index is 1080. The number of likely N-dealkylation sites (N-methyl/N-ethyl adjacent to an activating group) is 1. The molecule has 1 N–H and O–H groups in total. The monoisotopic (exact) mass is 521 g/mol. The highest BCUT2D eigenvalue weighted by atomic mass is 19.4. The van der Waals surface area contributed by atoms with Gasteiger partial charge in [-0.1, -0.05) is 12.1 Å². The molecule has 0 spiro atoms. The van der Waals surface area contributed by atoms with E-state index in [0.717, 1.165) is 22.9 Å². The van der Waals surface area contributed by atoms with Crippen LogP contribution in [0.5, 0.6) is 0 Å². The minimum absolute atomic E-state index is 0.0649. The van der Waals surface area contributed by atoms with Crippen molar-refractivity contribution < 1.29 is 27.5 Å². The number of nitrogens with one attached hydrogen (secondary N) is 1. The van der Waals surface area contributed by atoms with Crippen LogP contribution in [0.3, 0.4) is 0 Å². The van der Waals surface area contributed by atoms with Gasteiger partial charge in [-0.25, -0.2) is 0 Å². The Morgan fingerprint density at radius 2 is 1.95 bits per heavy atom. The largest absolute Gasteiger partial charge is 0.465 e. The quantitative estimate of drug-likeness (QED) is 0.456. The van der Waals surface area contributed by atoms with Gasteiger partial charge in [0.1, 0.15) is 0 Å². The average molecular weight is 522 g/mol. The third-order valence-corrected chi connectivity index (χ3v) is 6.14. The molecule has 3 rings (SSSR count). The van der Waals surface area contributed by atoms with E-state index in [9.17, 15) is 22.8 Å². The summed E-state index contributed by atoms with van der Waals surface area (Å²) < 4.78 is 45.5. The third kappa shape index (κ3) is 8.16. The fraction of sp³-hybridized carbons (Fsp3) is 0.500. The van der Waals surface area contributed by atoms with Crippen molar-refractivity contribution in [3.63, 3.8) is 0 Å². The van der Waals surface area contributed by atoms with Crippen LogP contribution in [0.1, 0.15) is 29.3 Å². The number of alkyl halides is 3. The number of ether oxygens (including phenoxy) is 1. The van der Waals surface area contributed by atoms with E-state index in [1.54, 1.807) is 6.92 Å². The number of pyridine rings is 1. The molecule has 11 heteroatoms. The number of carbonyl (C=O) groups excluding carboxylic acids is 2. The van der Waals surface area contributed by atoms with Gasteiger partial charge in [0, 0.05) is 38.1 Å². The molecule has 1 aliphatic heterocycles. The number of halogens is 3. The molecule has 0 aliphatic carbocycles. The fourth-order valence-corrected chi connectivity index (χ4v) is 4.26. The molecule has 2 aromatic rings. The van der Waals surface area contributed by atoms with Crippen LogP contribution in [0.2, 0.25) is 0 Å². The molecule has 0 saturated carbocycles. The van der Waals surface area contributed by atoms with Crippen molar-refractivity contribution in [2.45, 2.75) is 32.6 Å². The van der Waals surface area contributed by atoms with Gasteiger partial charge >= 0.3 is 12.1 Å². The van der Waals surface area contributed by atoms with E-state index >= 15 is 0 Å². The van der Waals surface area contributed by atoms with Crippen LogP contribution >= 0.6 is 0 Å². The first kappa shape index (κ1) is 28.4. The summed E-state index contributed by atoms with van der Waals surface area (Å²) in [6.45, 7) is 4.06. The maximum atomic E-state index is 13.5. The molecule has 1 amide bonds. The molecule has 0 bridgehead atoms. The van der Waals surface area contributed by atoms with Crippen LogP contribution in [-0.4, -0.2) is 85.0 Å². The van der Waals surface area contributed by atoms with E-state index in [2.05, 4.69) is 10.3 Å². The number of rotatable bonds is 11. The molecule has 0 radical (unpaired) electrons. The van der Waals surface area contributed by atoms with Gasteiger partial charge in [-0.3, -0.25) is 19.5 Å². The first-order valence-corrected chi connectivity index (χ1v) is 12.2. The maximum Gasteiger partial charge on any atom is 0.418 e. The molecular weight excluding hydrogens is 487 g/mol. The lowest BCUT2D eigenvalue weighted by Gasteiger charge is -2.30. The van der Waals surface area contributed by atoms with Crippen molar-refractivity contribution in [3.05, 3.63) is 58.9 Å². The molecule has 1 aliphatic rings. The average Bonchev–Trinajstić information content (AvgIpc) is 2.84. The van der Waals surface area contributed by atoms with Crippen LogP contribution in [0.25, 0.3) is 0 Å². The summed E-state index contributed by atoms with van der Waals surface area (Å²) in [5, 5.41) is 3.19. The Morgan fingerprint density at radius 1 is 1.16 bits per heavy atom. The predicted octanol–water partition coefficient (Wildman–Crippen LogP) is 3.02. The highest BCUT2D eigenvalue weighted by molar-refractivity contribution is 5.81. The zero-order chi connectivity index (χ0) is 27.0. The van der Waals surface area contributed by atoms with Crippen molar-refractivity contribution in [1.29, 1.82) is 0 Å². The number of carbonyl (C=O) groups is 2. The smallest absolute Gasteiger partial charge is 0.418 e. The normalized spacial score (nSPS) is 13.8. The van der Waals surface area contributed by atoms with Crippen LogP contribution in [0.4, 0.5) is 18.9 Å². The number of hydrogen-bond donors (Lipinski definition) is 1. The van der Waals surface area contributed by atoms with Crippen LogP contribution in [0.15, 0.2) is 36.5 Å². The van der Waals surface area contributed by atoms with Gasteiger partial charge in [-0.2, -0.15) is 13.2 Å². The summed E-state index contributed by atoms with van der Waals surface area (Å²) in [7, 11) is 3.68. The molecule has 0 fully saturated rings. The summed E-state index contributed by atoms with van der Waals surface area (Å²) in [6, 6.07) is 7.98. The number of fused-ring (bicyclic) bond motifs is 1. The summed E-state index contributed by atoms with van der Waals surface area (Å²) >= 11 is 0. The Morgan fingerprint density at radius 3 is 2.65 bits per heavy atom. The second-order valence-electron chi connectivity index (χ2n) is 9.18. The van der Waals surface area contributed by atoms with Gasteiger partial charge < -0.3 is 19.9 Å². The molecule has 0 saturated heterocycles. The summed E-state index contributed by atoms with van der Waals surface area (Å²) in [4.78, 5) is 34.2. The lowest BCUT2D eigenvalue weighted by atomic mass is 9.97. The van der Waals surface area contributed by atoms with E-state index in [0.29, 0.717) is 32.7 Å². The number of benzene rings is 1. The van der Waals surface area contributed by atoms with Crippen molar-refractivity contribution in [1.82, 2.24) is 19.7 Å². The molecule has 37 heavy (non-hydrogen) atoms. The topological polar surface area (TPSA) is 78.0 Å². The first-order chi connectivity index (χ1) is 17.6. The molecular formula is C26H34F3N5O3. The summed E-state index contributed by atoms with van der Waals surface area (Å²) in [5.41, 5.74) is 1.92. The lowest BCUT2D eigenvalue weighted by molar-refractivity contribution is -0.144. The van der Waals surface area contributed by atoms with Crippen molar-refractivity contribution in [3.8, 4) is 0 Å². The van der Waals surface area contributed by atoms with E-state index in [-0.39, 0.29) is 43.7 Å². The molecule has 0 unspecified atom stereocenters. The van der Waals surface area contributed by atoms with Crippen molar-refractivity contribution >= 4 is 17.6 Å². The molecule has 8 nitrogen and oxygen atoms in total. The highest BCUT2D eigenvalue weighted by Crippen LogP contribution is 2.31. The van der Waals surface area contributed by atoms with Gasteiger partial charge in [-0.05, 0) is 56.8 Å². The second-order valence-corrected chi connectivity index (χ2v) is 9.18. The van der Waals surface area contributed by atoms with Gasteiger partial charge in [-0.15, -0.1) is 0 Å². The molecule has 1 aromatic carbocycles. The van der Waals surface area contributed by atoms with Crippen LogP contribution in [0, 0.1) is 0 Å². The highest BCUT2D eigenvalue weighted by Gasteiger charge is 2.34. The van der Waals surface area contributed by atoms with E-state index in [1.807, 2.05) is 42.1 Å². The standard InChI is InChI=1S/C26H34F3N5O3/c1-4-37-25(36)18-33-12-10-20-19(16-33)7-5-9-22(20)31-15-24(35)34(14-13-32(2)3)17-23-21(26(27,28)29)8-6-11-30-23/h5-9,11,31H,4,10,12-18H2,1-3H3. The van der Waals surface area contributed by atoms with Gasteiger partial charge in [0.25, 0.3) is 0 Å². The maximum absolute atomic E-state index is 13.5. The van der Waals surface area contributed by atoms with E-state index in [4.69, 9.17) is 4.74 Å². The van der Waals surface area contributed by atoms with Crippen LogP contribution < -0.4 is 5.32 Å². The Balaban J connectivity index is 1.69. The summed E-state index contributed by atoms with van der Waals surface area (Å²) in [5.74, 6) is -0.580. The van der Waals surface area contributed by atoms with Gasteiger partial charge in [0.05, 0.1) is 37.5 Å². The third-order valence-electron chi connectivity index (χ3n) is 6.14. The SMILES string of the molecule is CCOC(=O)CN1CCc2c(cccc2NCC(=O)N(CCN(C)C)Cc2ncccc2C(F)(F)F)C1. The minimum atomic E-state index is -4.55. The van der Waals surface area contributed by atoms with Crippen molar-refractivity contribution in [2.24, 2.45) is 0 Å². The minimum Gasteiger partial charge on any atom is -0.465 e. The predicted molar refractivity (Wildman–Crippen MR) is 134 cm³/mol. The van der Waals surface area contributed by atoms with Gasteiger partial charge in [0.15, 0.2) is 0 Å². The first-order valence-electron chi connectivity index (χ1n) is 12.2. The molecule has 202 valence electrons. The fourth-order valence-electron chi connectivity index (χ4n) is 4.26. The number of esters is 1. The number of nitrogens with zero attached hydrogens (tertiary/aromatic N) is 4. The Hall–Kier alpha value is -3.18. The van der Waals surface area contributed by atoms with E-state index < -0.39 is 11.7 Å². The molecule has 2 heterocycles. The lowest BCUT2D eigenvalue weighted by Crippen LogP contribution is -2.40. The second kappa shape index (κ2) is 12.9. The molecule has 1 aromatic heterocycles. The van der Waals surface area contributed by atoms with Crippen molar-refractivity contribution in [2.75, 3.05) is 58.7 Å². The zero-order valence-corrected chi connectivity index (χ0v) is 21.5. The zero-order valence-electron chi connectivity index (χ0n) is 21.5. The van der Waals surface area contributed by atoms with E-state index in [1.165, 1.54) is 17.2 Å². The molecule has 0 atom stereocenters.